The third-order valence-corrected chi connectivity index (χ3v) is 5.33. The number of esters is 1. The highest BCUT2D eigenvalue weighted by Crippen LogP contribution is 2.43. The third kappa shape index (κ3) is 3.42. The fourth-order valence-corrected chi connectivity index (χ4v) is 4.37. The zero-order valence-corrected chi connectivity index (χ0v) is 13.3. The van der Waals surface area contributed by atoms with Gasteiger partial charge in [0.2, 0.25) is 0 Å². The highest BCUT2D eigenvalue weighted by molar-refractivity contribution is 5.73. The Labute approximate surface area is 127 Å². The Kier molecular flexibility index (Phi) is 4.55. The van der Waals surface area contributed by atoms with Gasteiger partial charge in [0.1, 0.15) is 0 Å². The van der Waals surface area contributed by atoms with Gasteiger partial charge in [-0.15, -0.1) is 0 Å². The number of carbonyl (C=O) groups excluding carboxylic acids is 1. The van der Waals surface area contributed by atoms with Crippen LogP contribution in [-0.2, 0) is 19.0 Å². The number of carbonyl (C=O) groups is 1. The summed E-state index contributed by atoms with van der Waals surface area (Å²) in [6, 6.07) is 0. The van der Waals surface area contributed by atoms with Crippen molar-refractivity contribution in [3.05, 3.63) is 0 Å². The van der Waals surface area contributed by atoms with Crippen molar-refractivity contribution in [2.75, 3.05) is 13.2 Å². The molecular formula is C17H28O4. The summed E-state index contributed by atoms with van der Waals surface area (Å²) < 4.78 is 17.3. The molecule has 0 aromatic heterocycles. The lowest BCUT2D eigenvalue weighted by Crippen LogP contribution is -2.43. The summed E-state index contributed by atoms with van der Waals surface area (Å²) in [6.45, 7) is 5.12. The molecule has 3 aliphatic rings. The monoisotopic (exact) mass is 296 g/mol. The van der Waals surface area contributed by atoms with Crippen molar-refractivity contribution >= 4 is 5.97 Å². The molecule has 0 N–H and O–H groups in total. The van der Waals surface area contributed by atoms with E-state index in [-0.39, 0.29) is 23.9 Å². The Bertz CT molecular complexity index is 373. The van der Waals surface area contributed by atoms with Gasteiger partial charge < -0.3 is 14.2 Å². The van der Waals surface area contributed by atoms with Crippen LogP contribution in [0.4, 0.5) is 0 Å². The van der Waals surface area contributed by atoms with Gasteiger partial charge in [0, 0.05) is 5.92 Å². The van der Waals surface area contributed by atoms with Crippen molar-refractivity contribution < 1.29 is 19.0 Å². The maximum atomic E-state index is 12.3. The molecule has 4 nitrogen and oxygen atoms in total. The molecule has 21 heavy (non-hydrogen) atoms. The lowest BCUT2D eigenvalue weighted by atomic mass is 9.70. The SMILES string of the molecule is CC1(C)OC[C@H]([C@H](C2CCCCC2)[C@H]2CCCOC2=O)O1. The molecule has 120 valence electrons. The maximum Gasteiger partial charge on any atom is 0.309 e. The molecule has 1 aliphatic carbocycles. The van der Waals surface area contributed by atoms with Crippen molar-refractivity contribution in [3.63, 3.8) is 0 Å². The van der Waals surface area contributed by atoms with E-state index in [1.54, 1.807) is 0 Å². The van der Waals surface area contributed by atoms with Gasteiger partial charge in [-0.25, -0.2) is 0 Å². The van der Waals surface area contributed by atoms with Crippen LogP contribution in [0.1, 0.15) is 58.8 Å². The Morgan fingerprint density at radius 3 is 2.48 bits per heavy atom. The molecule has 2 aliphatic heterocycles. The van der Waals surface area contributed by atoms with E-state index >= 15 is 0 Å². The quantitative estimate of drug-likeness (QED) is 0.750. The molecule has 0 radical (unpaired) electrons. The first-order chi connectivity index (χ1) is 10.1. The van der Waals surface area contributed by atoms with Crippen LogP contribution in [0.15, 0.2) is 0 Å². The Morgan fingerprint density at radius 2 is 1.86 bits per heavy atom. The molecule has 2 saturated heterocycles. The fourth-order valence-electron chi connectivity index (χ4n) is 4.37. The van der Waals surface area contributed by atoms with E-state index in [9.17, 15) is 4.79 Å². The van der Waals surface area contributed by atoms with Gasteiger partial charge in [0.05, 0.1) is 25.2 Å². The van der Waals surface area contributed by atoms with Crippen LogP contribution in [-0.4, -0.2) is 31.1 Å². The molecule has 0 bridgehead atoms. The molecule has 0 unspecified atom stereocenters. The van der Waals surface area contributed by atoms with Crippen molar-refractivity contribution in [1.82, 2.24) is 0 Å². The normalized spacial score (nSPS) is 35.4. The average Bonchev–Trinajstić information content (AvgIpc) is 2.82. The smallest absolute Gasteiger partial charge is 0.309 e. The van der Waals surface area contributed by atoms with E-state index in [1.165, 1.54) is 32.1 Å². The topological polar surface area (TPSA) is 44.8 Å². The molecule has 0 aromatic carbocycles. The van der Waals surface area contributed by atoms with Crippen LogP contribution < -0.4 is 0 Å². The van der Waals surface area contributed by atoms with Crippen LogP contribution in [0.5, 0.6) is 0 Å². The van der Waals surface area contributed by atoms with Gasteiger partial charge in [-0.3, -0.25) is 4.79 Å². The fraction of sp³-hybridized carbons (Fsp3) is 0.941. The van der Waals surface area contributed by atoms with Crippen molar-refractivity contribution in [3.8, 4) is 0 Å². The van der Waals surface area contributed by atoms with Crippen LogP contribution in [0.3, 0.4) is 0 Å². The predicted molar refractivity (Wildman–Crippen MR) is 78.7 cm³/mol. The highest BCUT2D eigenvalue weighted by atomic mass is 16.7. The third-order valence-electron chi connectivity index (χ3n) is 5.33. The van der Waals surface area contributed by atoms with E-state index in [1.807, 2.05) is 13.8 Å². The van der Waals surface area contributed by atoms with Gasteiger partial charge in [0.25, 0.3) is 0 Å². The minimum absolute atomic E-state index is 0.00403. The zero-order chi connectivity index (χ0) is 14.9. The second-order valence-electron chi connectivity index (χ2n) is 7.26. The summed E-state index contributed by atoms with van der Waals surface area (Å²) in [5.41, 5.74) is 0. The zero-order valence-electron chi connectivity index (χ0n) is 13.3. The van der Waals surface area contributed by atoms with Crippen LogP contribution in [0, 0.1) is 17.8 Å². The minimum atomic E-state index is -0.518. The summed E-state index contributed by atoms with van der Waals surface area (Å²) in [5, 5.41) is 0. The van der Waals surface area contributed by atoms with E-state index in [0.29, 0.717) is 19.1 Å². The van der Waals surface area contributed by atoms with Crippen LogP contribution >= 0.6 is 0 Å². The molecule has 1 saturated carbocycles. The summed E-state index contributed by atoms with van der Waals surface area (Å²) >= 11 is 0. The van der Waals surface area contributed by atoms with Crippen molar-refractivity contribution in [1.29, 1.82) is 0 Å². The largest absolute Gasteiger partial charge is 0.465 e. The predicted octanol–water partition coefficient (Wildman–Crippen LogP) is 3.29. The van der Waals surface area contributed by atoms with Gasteiger partial charge in [-0.05, 0) is 32.6 Å². The molecule has 0 amide bonds. The number of hydrogen-bond acceptors (Lipinski definition) is 4. The molecule has 2 heterocycles. The Hall–Kier alpha value is -0.610. The number of cyclic esters (lactones) is 1. The van der Waals surface area contributed by atoms with E-state index in [0.717, 1.165) is 12.8 Å². The highest BCUT2D eigenvalue weighted by Gasteiger charge is 2.47. The Morgan fingerprint density at radius 1 is 1.10 bits per heavy atom. The molecule has 0 spiro atoms. The van der Waals surface area contributed by atoms with Crippen molar-refractivity contribution in [2.45, 2.75) is 70.7 Å². The van der Waals surface area contributed by atoms with Gasteiger partial charge in [0.15, 0.2) is 5.79 Å². The molecule has 3 fully saturated rings. The molecular weight excluding hydrogens is 268 g/mol. The summed E-state index contributed by atoms with van der Waals surface area (Å²) in [4.78, 5) is 12.3. The van der Waals surface area contributed by atoms with Gasteiger partial charge >= 0.3 is 5.97 Å². The number of ether oxygens (including phenoxy) is 3. The average molecular weight is 296 g/mol. The van der Waals surface area contributed by atoms with Gasteiger partial charge in [-0.1, -0.05) is 32.1 Å². The first-order valence-electron chi connectivity index (χ1n) is 8.55. The summed E-state index contributed by atoms with van der Waals surface area (Å²) in [7, 11) is 0. The molecule has 4 heteroatoms. The summed E-state index contributed by atoms with van der Waals surface area (Å²) in [5.74, 6) is 0.321. The van der Waals surface area contributed by atoms with Crippen LogP contribution in [0.2, 0.25) is 0 Å². The Balaban J connectivity index is 1.78. The second kappa shape index (κ2) is 6.25. The summed E-state index contributed by atoms with van der Waals surface area (Å²) in [6.07, 6.45) is 8.28. The van der Waals surface area contributed by atoms with E-state index < -0.39 is 5.79 Å². The van der Waals surface area contributed by atoms with E-state index in [4.69, 9.17) is 14.2 Å². The van der Waals surface area contributed by atoms with Crippen LogP contribution in [0.25, 0.3) is 0 Å². The maximum absolute atomic E-state index is 12.3. The van der Waals surface area contributed by atoms with E-state index in [2.05, 4.69) is 0 Å². The number of rotatable bonds is 3. The second-order valence-corrected chi connectivity index (χ2v) is 7.26. The lowest BCUT2D eigenvalue weighted by molar-refractivity contribution is -0.169. The first-order valence-corrected chi connectivity index (χ1v) is 8.55. The molecule has 3 atom stereocenters. The lowest BCUT2D eigenvalue weighted by Gasteiger charge is -2.39. The van der Waals surface area contributed by atoms with Crippen molar-refractivity contribution in [2.24, 2.45) is 17.8 Å². The molecule has 0 aromatic rings. The standard InChI is InChI=1S/C17H28O4/c1-17(2)20-11-14(21-17)15(12-7-4-3-5-8-12)13-9-6-10-19-16(13)18/h12-15H,3-11H2,1-2H3/t13-,14-,15-/m1/s1. The minimum Gasteiger partial charge on any atom is -0.465 e. The first kappa shape index (κ1) is 15.3. The molecule has 3 rings (SSSR count). The number of hydrogen-bond donors (Lipinski definition) is 0. The van der Waals surface area contributed by atoms with Gasteiger partial charge in [-0.2, -0.15) is 0 Å².